The number of carbonyl (C=O) groups is 1. The molecule has 6 nitrogen and oxygen atoms in total. The van der Waals surface area contributed by atoms with Gasteiger partial charge in [-0.05, 0) is 32.9 Å². The molecule has 0 fully saturated rings. The first-order valence-electron chi connectivity index (χ1n) is 8.54. The molecule has 1 unspecified atom stereocenters. The molecule has 0 saturated heterocycles. The van der Waals surface area contributed by atoms with Crippen LogP contribution in [-0.4, -0.2) is 65.5 Å². The van der Waals surface area contributed by atoms with E-state index in [-0.39, 0.29) is 33.0 Å². The van der Waals surface area contributed by atoms with Gasteiger partial charge in [-0.15, -0.1) is 0 Å². The van der Waals surface area contributed by atoms with E-state index in [1.165, 1.54) is 14.2 Å². The number of ether oxygens (including phenoxy) is 5. The Morgan fingerprint density at radius 2 is 1.50 bits per heavy atom. The summed E-state index contributed by atoms with van der Waals surface area (Å²) in [6.45, 7) is 3.66. The van der Waals surface area contributed by atoms with Crippen molar-refractivity contribution in [2.24, 2.45) is 0 Å². The summed E-state index contributed by atoms with van der Waals surface area (Å²) in [5.41, 5.74) is 0.340. The van der Waals surface area contributed by atoms with Gasteiger partial charge in [-0.25, -0.2) is 0 Å². The molecule has 2 aromatic rings. The van der Waals surface area contributed by atoms with E-state index in [0.29, 0.717) is 42.6 Å². The first-order chi connectivity index (χ1) is 13.1. The zero-order valence-corrected chi connectivity index (χ0v) is 18.0. The van der Waals surface area contributed by atoms with Crippen molar-refractivity contribution >= 4 is 38.3 Å². The molecule has 2 rings (SSSR count). The summed E-state index contributed by atoms with van der Waals surface area (Å²) in [6, 6.07) is 10.8. The first kappa shape index (κ1) is 24.3. The van der Waals surface area contributed by atoms with Crippen LogP contribution in [0.4, 0.5) is 0 Å². The molecule has 147 valence electrons. The van der Waals surface area contributed by atoms with Gasteiger partial charge >= 0.3 is 0 Å². The zero-order valence-electron chi connectivity index (χ0n) is 17.0. The van der Waals surface area contributed by atoms with E-state index in [9.17, 15) is 4.79 Å². The molecule has 28 heavy (non-hydrogen) atoms. The van der Waals surface area contributed by atoms with Crippen molar-refractivity contribution in [1.82, 2.24) is 0 Å². The molecule has 8 heteroatoms. The van der Waals surface area contributed by atoms with Crippen LogP contribution in [0, 0.1) is 0 Å². The number of rotatable bonds is 11. The molecule has 0 aliphatic rings. The summed E-state index contributed by atoms with van der Waals surface area (Å²) in [6.07, 6.45) is 0. The second kappa shape index (κ2) is 12.7. The van der Waals surface area contributed by atoms with Crippen LogP contribution in [0.3, 0.4) is 0 Å². The van der Waals surface area contributed by atoms with Crippen LogP contribution in [0.2, 0.25) is 0 Å². The second-order valence-corrected chi connectivity index (χ2v) is 6.71. The first-order valence-corrected chi connectivity index (χ1v) is 9.54. The summed E-state index contributed by atoms with van der Waals surface area (Å²) in [7, 11) is 4.51. The summed E-state index contributed by atoms with van der Waals surface area (Å²) >= 11 is 0. The average Bonchev–Trinajstić information content (AvgIpc) is 2.71. The third-order valence-electron chi connectivity index (χ3n) is 3.75. The van der Waals surface area contributed by atoms with E-state index in [4.69, 9.17) is 23.7 Å². The topological polar surface area (TPSA) is 63.2 Å². The number of hydrogen-bond acceptors (Lipinski definition) is 6. The minimum atomic E-state index is -0.0728. The number of methoxy groups -OCH3 is 3. The molecule has 0 bridgehead atoms. The predicted molar refractivity (Wildman–Crippen MR) is 113 cm³/mol. The Bertz CT molecular complexity index is 726. The molecule has 1 atom stereocenters. The van der Waals surface area contributed by atoms with Crippen molar-refractivity contribution in [3.05, 3.63) is 42.0 Å². The van der Waals surface area contributed by atoms with Crippen LogP contribution in [0.15, 0.2) is 36.4 Å². The van der Waals surface area contributed by atoms with Crippen molar-refractivity contribution < 1.29 is 28.5 Å². The monoisotopic (exact) mass is 399 g/mol. The molecular weight excluding hydrogens is 374 g/mol. The van der Waals surface area contributed by atoms with Gasteiger partial charge in [0.2, 0.25) is 0 Å². The van der Waals surface area contributed by atoms with Crippen LogP contribution in [0.1, 0.15) is 17.3 Å². The molecule has 0 aliphatic carbocycles. The zero-order chi connectivity index (χ0) is 19.6. The largest absolute Gasteiger partial charge is 0.496 e. The fourth-order valence-electron chi connectivity index (χ4n) is 2.42. The van der Waals surface area contributed by atoms with Crippen LogP contribution in [0.5, 0.6) is 23.0 Å². The van der Waals surface area contributed by atoms with Crippen LogP contribution in [0.25, 0.3) is 0 Å². The molecular formula is C20H25LiO6P. The van der Waals surface area contributed by atoms with Crippen LogP contribution >= 0.6 is 8.58 Å². The predicted octanol–water partition coefficient (Wildman–Crippen LogP) is 2.89. The average molecular weight is 399 g/mol. The summed E-state index contributed by atoms with van der Waals surface area (Å²) < 4.78 is 26.8. The minimum Gasteiger partial charge on any atom is -0.496 e. The van der Waals surface area contributed by atoms with Crippen molar-refractivity contribution in [3.63, 3.8) is 0 Å². The van der Waals surface area contributed by atoms with E-state index in [1.807, 2.05) is 31.2 Å². The van der Waals surface area contributed by atoms with E-state index in [0.717, 1.165) is 11.1 Å². The summed E-state index contributed by atoms with van der Waals surface area (Å²) in [5.74, 6) is 2.17. The Morgan fingerprint density at radius 3 is 2.00 bits per heavy atom. The smallest absolute Gasteiger partial charge is 0.193 e. The standard InChI is InChI=1S/C20H25O6P.Li/c1-5-25-10-11-26-14-6-8-16(9-7-14)27-20(21)19-17(23-3)12-15(22-2)13-18(19)24-4;/h6-9,12-13,27H,5,10-11H2,1-4H3;. The second-order valence-electron chi connectivity index (χ2n) is 5.43. The molecule has 0 amide bonds. The van der Waals surface area contributed by atoms with Crippen LogP contribution in [-0.2, 0) is 4.74 Å². The van der Waals surface area contributed by atoms with Gasteiger partial charge in [-0.2, -0.15) is 0 Å². The Morgan fingerprint density at radius 1 is 0.893 bits per heavy atom. The van der Waals surface area contributed by atoms with Crippen molar-refractivity contribution in [3.8, 4) is 23.0 Å². The molecule has 0 spiro atoms. The quantitative estimate of drug-likeness (QED) is 0.329. The normalized spacial score (nSPS) is 10.4. The molecule has 0 aromatic heterocycles. The van der Waals surface area contributed by atoms with E-state index in [1.54, 1.807) is 19.2 Å². The van der Waals surface area contributed by atoms with Crippen molar-refractivity contribution in [2.75, 3.05) is 41.2 Å². The van der Waals surface area contributed by atoms with Gasteiger partial charge in [-0.1, -0.05) is 12.1 Å². The molecule has 2 aromatic carbocycles. The SMILES string of the molecule is CCOCCOc1ccc(PC(=O)c2c(OC)cc(OC)cc2OC)cc1.[Li]. The molecule has 0 aliphatic heterocycles. The Hall–Kier alpha value is -1.70. The number of carbonyl (C=O) groups excluding carboxylic acids is 1. The van der Waals surface area contributed by atoms with Gasteiger partial charge in [0.15, 0.2) is 5.52 Å². The Balaban J connectivity index is 0.00000392. The maximum Gasteiger partial charge on any atom is 0.193 e. The van der Waals surface area contributed by atoms with Gasteiger partial charge in [0, 0.05) is 37.6 Å². The molecule has 1 radical (unpaired) electrons. The van der Waals surface area contributed by atoms with Gasteiger partial charge < -0.3 is 23.7 Å². The van der Waals surface area contributed by atoms with E-state index in [2.05, 4.69) is 0 Å². The van der Waals surface area contributed by atoms with E-state index < -0.39 is 0 Å². The molecule has 0 saturated carbocycles. The van der Waals surface area contributed by atoms with Gasteiger partial charge in [0.05, 0.1) is 27.9 Å². The maximum absolute atomic E-state index is 12.9. The van der Waals surface area contributed by atoms with Gasteiger partial charge in [0.1, 0.15) is 35.2 Å². The number of benzene rings is 2. The van der Waals surface area contributed by atoms with Crippen molar-refractivity contribution in [2.45, 2.75) is 6.92 Å². The molecule has 0 heterocycles. The van der Waals surface area contributed by atoms with E-state index >= 15 is 0 Å². The Kier molecular flexibility index (Phi) is 11.0. The fraction of sp³-hybridized carbons (Fsp3) is 0.350. The summed E-state index contributed by atoms with van der Waals surface area (Å²) in [5, 5.41) is 0.900. The van der Waals surface area contributed by atoms with Gasteiger partial charge in [0.25, 0.3) is 0 Å². The third kappa shape index (κ3) is 6.72. The van der Waals surface area contributed by atoms with Gasteiger partial charge in [-0.3, -0.25) is 4.79 Å². The molecule has 0 N–H and O–H groups in total. The minimum absolute atomic E-state index is 0. The van der Waals surface area contributed by atoms with Crippen LogP contribution < -0.4 is 24.3 Å². The number of hydrogen-bond donors (Lipinski definition) is 0. The Labute approximate surface area is 179 Å². The van der Waals surface area contributed by atoms with Crippen molar-refractivity contribution in [1.29, 1.82) is 0 Å². The maximum atomic E-state index is 12.9. The third-order valence-corrected chi connectivity index (χ3v) is 4.85. The fourth-order valence-corrected chi connectivity index (χ4v) is 3.39. The summed E-state index contributed by atoms with van der Waals surface area (Å²) in [4.78, 5) is 12.9.